The van der Waals surface area contributed by atoms with Gasteiger partial charge in [-0.25, -0.2) is 4.98 Å². The number of H-pyrrole nitrogens is 1. The van der Waals surface area contributed by atoms with Gasteiger partial charge in [-0.3, -0.25) is 4.79 Å². The van der Waals surface area contributed by atoms with Gasteiger partial charge in [0.15, 0.2) is 0 Å². The van der Waals surface area contributed by atoms with Crippen LogP contribution in [0.4, 0.5) is 0 Å². The molecule has 23 heavy (non-hydrogen) atoms. The van der Waals surface area contributed by atoms with E-state index in [1.54, 1.807) is 12.5 Å². The molecule has 5 heteroatoms. The predicted molar refractivity (Wildman–Crippen MR) is 92.4 cm³/mol. The molecule has 3 rings (SSSR count). The predicted octanol–water partition coefficient (Wildman–Crippen LogP) is 2.85. The number of imidazole rings is 1. The van der Waals surface area contributed by atoms with E-state index in [9.17, 15) is 4.79 Å². The first-order valence-corrected chi connectivity index (χ1v) is 7.12. The van der Waals surface area contributed by atoms with Gasteiger partial charge in [0.2, 0.25) is 5.91 Å². The van der Waals surface area contributed by atoms with Crippen molar-refractivity contribution in [3.63, 3.8) is 0 Å². The van der Waals surface area contributed by atoms with Crippen LogP contribution >= 0.6 is 12.4 Å². The van der Waals surface area contributed by atoms with E-state index in [1.165, 1.54) is 0 Å². The summed E-state index contributed by atoms with van der Waals surface area (Å²) in [6, 6.07) is 19.3. The van der Waals surface area contributed by atoms with Crippen LogP contribution in [-0.2, 0) is 16.6 Å². The Labute approximate surface area is 141 Å². The number of carbonyl (C=O) groups is 1. The zero-order valence-electron chi connectivity index (χ0n) is 12.5. The lowest BCUT2D eigenvalue weighted by Gasteiger charge is -2.31. The number of hydrogen-bond donors (Lipinski definition) is 2. The van der Waals surface area contributed by atoms with Crippen molar-refractivity contribution in [2.75, 3.05) is 0 Å². The average Bonchev–Trinajstić information content (AvgIpc) is 3.07. The van der Waals surface area contributed by atoms with Crippen molar-refractivity contribution in [3.8, 4) is 0 Å². The van der Waals surface area contributed by atoms with Crippen molar-refractivity contribution in [2.45, 2.75) is 11.8 Å². The van der Waals surface area contributed by atoms with Crippen LogP contribution in [0.2, 0.25) is 0 Å². The monoisotopic (exact) mass is 327 g/mol. The molecule has 1 aromatic heterocycles. The molecule has 0 fully saturated rings. The van der Waals surface area contributed by atoms with Crippen LogP contribution in [0.15, 0.2) is 73.2 Å². The molecule has 0 aliphatic carbocycles. The molecular weight excluding hydrogens is 310 g/mol. The molecule has 0 saturated heterocycles. The Bertz CT molecular complexity index is 703. The minimum Gasteiger partial charge on any atom is -0.369 e. The van der Waals surface area contributed by atoms with E-state index in [1.807, 2.05) is 60.7 Å². The van der Waals surface area contributed by atoms with Gasteiger partial charge in [-0.05, 0) is 11.1 Å². The number of benzene rings is 2. The van der Waals surface area contributed by atoms with Crippen LogP contribution in [0, 0.1) is 0 Å². The van der Waals surface area contributed by atoms with Crippen LogP contribution in [0.3, 0.4) is 0 Å². The first-order chi connectivity index (χ1) is 10.7. The molecule has 1 amide bonds. The summed E-state index contributed by atoms with van der Waals surface area (Å²) in [5.74, 6) is -0.382. The van der Waals surface area contributed by atoms with Crippen molar-refractivity contribution in [1.29, 1.82) is 0 Å². The molecule has 3 aromatic rings. The van der Waals surface area contributed by atoms with E-state index in [0.29, 0.717) is 6.42 Å². The summed E-state index contributed by atoms with van der Waals surface area (Å²) < 4.78 is 0. The van der Waals surface area contributed by atoms with Gasteiger partial charge < -0.3 is 10.7 Å². The number of aromatic amines is 1. The summed E-state index contributed by atoms with van der Waals surface area (Å²) in [7, 11) is 0. The highest BCUT2D eigenvalue weighted by atomic mass is 35.5. The van der Waals surface area contributed by atoms with E-state index in [2.05, 4.69) is 9.97 Å². The zero-order valence-corrected chi connectivity index (χ0v) is 13.3. The third kappa shape index (κ3) is 3.12. The summed E-state index contributed by atoms with van der Waals surface area (Å²) in [4.78, 5) is 19.7. The van der Waals surface area contributed by atoms with E-state index < -0.39 is 5.41 Å². The van der Waals surface area contributed by atoms with Crippen molar-refractivity contribution >= 4 is 18.3 Å². The van der Waals surface area contributed by atoms with Gasteiger partial charge in [0.1, 0.15) is 5.41 Å². The van der Waals surface area contributed by atoms with E-state index in [0.717, 1.165) is 16.8 Å². The molecule has 2 aromatic carbocycles. The molecule has 0 radical (unpaired) electrons. The van der Waals surface area contributed by atoms with Gasteiger partial charge in [-0.1, -0.05) is 60.7 Å². The van der Waals surface area contributed by atoms with Crippen LogP contribution < -0.4 is 5.73 Å². The van der Waals surface area contributed by atoms with Crippen molar-refractivity contribution in [3.05, 3.63) is 90.0 Å². The van der Waals surface area contributed by atoms with Gasteiger partial charge in [0, 0.05) is 12.6 Å². The van der Waals surface area contributed by atoms with Gasteiger partial charge in [0.25, 0.3) is 0 Å². The highest BCUT2D eigenvalue weighted by Crippen LogP contribution is 2.35. The quantitative estimate of drug-likeness (QED) is 0.756. The maximum absolute atomic E-state index is 12.5. The Morgan fingerprint density at radius 3 is 1.91 bits per heavy atom. The number of halogens is 1. The number of amides is 1. The molecule has 0 aliphatic heterocycles. The second kappa shape index (κ2) is 7.11. The number of aromatic nitrogens is 2. The van der Waals surface area contributed by atoms with Crippen molar-refractivity contribution in [1.82, 2.24) is 9.97 Å². The number of carbonyl (C=O) groups excluding carboxylic acids is 1. The van der Waals surface area contributed by atoms with Crippen molar-refractivity contribution < 1.29 is 4.79 Å². The molecule has 0 atom stereocenters. The Kier molecular flexibility index (Phi) is 5.19. The second-order valence-electron chi connectivity index (χ2n) is 5.24. The van der Waals surface area contributed by atoms with Gasteiger partial charge >= 0.3 is 0 Å². The van der Waals surface area contributed by atoms with E-state index in [4.69, 9.17) is 5.73 Å². The van der Waals surface area contributed by atoms with Crippen LogP contribution in [0.25, 0.3) is 0 Å². The lowest BCUT2D eigenvalue weighted by atomic mass is 9.70. The molecule has 0 unspecified atom stereocenters. The lowest BCUT2D eigenvalue weighted by Crippen LogP contribution is -2.44. The van der Waals surface area contributed by atoms with Crippen LogP contribution in [-0.4, -0.2) is 15.9 Å². The first-order valence-electron chi connectivity index (χ1n) is 7.12. The largest absolute Gasteiger partial charge is 0.369 e. The highest BCUT2D eigenvalue weighted by molar-refractivity contribution is 5.91. The number of rotatable bonds is 5. The Balaban J connectivity index is 0.00000192. The molecule has 0 aliphatic rings. The molecule has 3 N–H and O–H groups in total. The maximum atomic E-state index is 12.5. The number of nitrogens with two attached hydrogens (primary N) is 1. The first kappa shape index (κ1) is 16.8. The molecule has 0 spiro atoms. The topological polar surface area (TPSA) is 71.8 Å². The van der Waals surface area contributed by atoms with Gasteiger partial charge in [0.05, 0.1) is 12.0 Å². The summed E-state index contributed by atoms with van der Waals surface area (Å²) >= 11 is 0. The smallest absolute Gasteiger partial charge is 0.232 e. The third-order valence-electron chi connectivity index (χ3n) is 3.95. The van der Waals surface area contributed by atoms with Crippen molar-refractivity contribution in [2.24, 2.45) is 5.73 Å². The summed E-state index contributed by atoms with van der Waals surface area (Å²) in [6.07, 6.45) is 3.82. The summed E-state index contributed by atoms with van der Waals surface area (Å²) in [5, 5.41) is 0. The number of primary amides is 1. The van der Waals surface area contributed by atoms with E-state index >= 15 is 0 Å². The minimum absolute atomic E-state index is 0. The number of nitrogens with one attached hydrogen (secondary N) is 1. The minimum atomic E-state index is -0.933. The molecule has 0 saturated carbocycles. The average molecular weight is 328 g/mol. The number of nitrogens with zero attached hydrogens (tertiary/aromatic N) is 1. The maximum Gasteiger partial charge on any atom is 0.232 e. The van der Waals surface area contributed by atoms with Gasteiger partial charge in [-0.2, -0.15) is 0 Å². The Morgan fingerprint density at radius 1 is 1.00 bits per heavy atom. The Hall–Kier alpha value is -2.59. The SMILES string of the molecule is Cl.NC(=O)C(Cc1c[nH]cn1)(c1ccccc1)c1ccccc1. The fourth-order valence-electron chi connectivity index (χ4n) is 2.85. The standard InChI is InChI=1S/C18H17N3O.ClH/c19-17(22)18(11-16-12-20-13-21-16,14-7-3-1-4-8-14)15-9-5-2-6-10-15;/h1-10,12-13H,11H2,(H2,19,22)(H,20,21);1H. The second-order valence-corrected chi connectivity index (χ2v) is 5.24. The Morgan fingerprint density at radius 2 is 1.52 bits per heavy atom. The summed E-state index contributed by atoms with van der Waals surface area (Å²) in [5.41, 5.74) is 7.48. The van der Waals surface area contributed by atoms with Crippen LogP contribution in [0.5, 0.6) is 0 Å². The molecule has 4 nitrogen and oxygen atoms in total. The number of hydrogen-bond acceptors (Lipinski definition) is 2. The third-order valence-corrected chi connectivity index (χ3v) is 3.95. The normalized spacial score (nSPS) is 10.8. The molecule has 1 heterocycles. The fraction of sp³-hybridized carbons (Fsp3) is 0.111. The molecule has 0 bridgehead atoms. The van der Waals surface area contributed by atoms with E-state index in [-0.39, 0.29) is 18.3 Å². The van der Waals surface area contributed by atoms with Gasteiger partial charge in [-0.15, -0.1) is 12.4 Å². The molecular formula is C18H18ClN3O. The fourth-order valence-corrected chi connectivity index (χ4v) is 2.85. The zero-order chi connectivity index (χ0) is 15.4. The lowest BCUT2D eigenvalue weighted by molar-refractivity contribution is -0.122. The van der Waals surface area contributed by atoms with Crippen LogP contribution in [0.1, 0.15) is 16.8 Å². The molecule has 118 valence electrons. The summed E-state index contributed by atoms with van der Waals surface area (Å²) in [6.45, 7) is 0. The highest BCUT2D eigenvalue weighted by Gasteiger charge is 2.41.